The average Bonchev–Trinajstić information content (AvgIpc) is 2.83. The lowest BCUT2D eigenvalue weighted by Gasteiger charge is -2.34. The Bertz CT molecular complexity index is 409. The number of likely N-dealkylation sites (tertiary alicyclic amines) is 1. The molecule has 3 rings (SSSR count). The van der Waals surface area contributed by atoms with Gasteiger partial charge in [0.15, 0.2) is 0 Å². The molecule has 0 amide bonds. The van der Waals surface area contributed by atoms with Gasteiger partial charge in [-0.05, 0) is 64.0 Å². The summed E-state index contributed by atoms with van der Waals surface area (Å²) in [7, 11) is 2.21. The Morgan fingerprint density at radius 3 is 2.63 bits per heavy atom. The predicted octanol–water partition coefficient (Wildman–Crippen LogP) is 3.20. The maximum absolute atomic E-state index is 11.4. The van der Waals surface area contributed by atoms with Crippen LogP contribution in [0.3, 0.4) is 0 Å². The van der Waals surface area contributed by atoms with Crippen LogP contribution in [0.25, 0.3) is 0 Å². The van der Waals surface area contributed by atoms with Crippen LogP contribution in [0.1, 0.15) is 38.5 Å². The summed E-state index contributed by atoms with van der Waals surface area (Å²) < 4.78 is 0. The third-order valence-corrected chi connectivity index (χ3v) is 5.29. The fourth-order valence-electron chi connectivity index (χ4n) is 4.18. The van der Waals surface area contributed by atoms with E-state index in [1.54, 1.807) is 11.1 Å². The molecule has 2 nitrogen and oxygen atoms in total. The summed E-state index contributed by atoms with van der Waals surface area (Å²) in [5.41, 5.74) is 3.22. The molecule has 0 aromatic rings. The Morgan fingerprint density at radius 1 is 1.26 bits per heavy atom. The van der Waals surface area contributed by atoms with Gasteiger partial charge in [-0.15, -0.1) is 0 Å². The quantitative estimate of drug-likeness (QED) is 0.573. The zero-order valence-corrected chi connectivity index (χ0v) is 12.0. The van der Waals surface area contributed by atoms with Gasteiger partial charge in [0.2, 0.25) is 0 Å². The Kier molecular flexibility index (Phi) is 3.88. The number of allylic oxidation sites excluding steroid dienone is 4. The van der Waals surface area contributed by atoms with Crippen molar-refractivity contribution in [3.8, 4) is 0 Å². The maximum atomic E-state index is 11.4. The van der Waals surface area contributed by atoms with Crippen LogP contribution in [0, 0.1) is 17.8 Å². The lowest BCUT2D eigenvalue weighted by atomic mass is 9.70. The fraction of sp³-hybridized carbons (Fsp3) is 0.706. The van der Waals surface area contributed by atoms with Crippen molar-refractivity contribution in [1.82, 2.24) is 4.90 Å². The lowest BCUT2D eigenvalue weighted by molar-refractivity contribution is -0.112. The van der Waals surface area contributed by atoms with Crippen LogP contribution in [0.4, 0.5) is 0 Å². The van der Waals surface area contributed by atoms with Crippen LogP contribution in [-0.2, 0) is 4.79 Å². The number of rotatable bonds is 3. The van der Waals surface area contributed by atoms with Crippen molar-refractivity contribution in [2.45, 2.75) is 38.5 Å². The smallest absolute Gasteiger partial charge is 0.123 e. The van der Waals surface area contributed by atoms with Gasteiger partial charge in [-0.25, -0.2) is 0 Å². The highest BCUT2D eigenvalue weighted by molar-refractivity contribution is 5.56. The number of hydrogen-bond donors (Lipinski definition) is 0. The second-order valence-corrected chi connectivity index (χ2v) is 6.71. The first kappa shape index (κ1) is 13.1. The molecule has 1 saturated heterocycles. The van der Waals surface area contributed by atoms with E-state index in [-0.39, 0.29) is 5.92 Å². The second kappa shape index (κ2) is 5.62. The molecule has 0 spiro atoms. The van der Waals surface area contributed by atoms with Crippen molar-refractivity contribution in [3.05, 3.63) is 23.3 Å². The summed E-state index contributed by atoms with van der Waals surface area (Å²) >= 11 is 0. The van der Waals surface area contributed by atoms with Crippen LogP contribution < -0.4 is 0 Å². The minimum Gasteiger partial charge on any atom is -0.306 e. The lowest BCUT2D eigenvalue weighted by Crippen LogP contribution is -2.26. The van der Waals surface area contributed by atoms with Gasteiger partial charge in [-0.2, -0.15) is 0 Å². The van der Waals surface area contributed by atoms with Gasteiger partial charge >= 0.3 is 0 Å². The van der Waals surface area contributed by atoms with Gasteiger partial charge in [0, 0.05) is 12.5 Å². The molecule has 1 fully saturated rings. The SMILES string of the molecule is CN1CCC(C[C@@H]2CC3=C(CC=CC3)C[C@H]2C=O)C1. The summed E-state index contributed by atoms with van der Waals surface area (Å²) in [4.78, 5) is 13.9. The molecule has 3 aliphatic rings. The van der Waals surface area contributed by atoms with Crippen LogP contribution in [0.2, 0.25) is 0 Å². The van der Waals surface area contributed by atoms with E-state index < -0.39 is 0 Å². The molecular weight excluding hydrogens is 234 g/mol. The van der Waals surface area contributed by atoms with Crippen LogP contribution in [-0.4, -0.2) is 31.3 Å². The maximum Gasteiger partial charge on any atom is 0.123 e. The van der Waals surface area contributed by atoms with Gasteiger partial charge in [0.25, 0.3) is 0 Å². The highest BCUT2D eigenvalue weighted by Crippen LogP contribution is 2.41. The van der Waals surface area contributed by atoms with Gasteiger partial charge in [0.05, 0.1) is 0 Å². The monoisotopic (exact) mass is 259 g/mol. The number of hydrogen-bond acceptors (Lipinski definition) is 2. The predicted molar refractivity (Wildman–Crippen MR) is 77.9 cm³/mol. The van der Waals surface area contributed by atoms with Gasteiger partial charge in [-0.1, -0.05) is 23.3 Å². The van der Waals surface area contributed by atoms with Gasteiger partial charge in [-0.3, -0.25) is 0 Å². The molecule has 0 radical (unpaired) electrons. The van der Waals surface area contributed by atoms with Crippen molar-refractivity contribution >= 4 is 6.29 Å². The number of aldehydes is 1. The van der Waals surface area contributed by atoms with Crippen molar-refractivity contribution in [3.63, 3.8) is 0 Å². The van der Waals surface area contributed by atoms with E-state index in [1.165, 1.54) is 38.6 Å². The average molecular weight is 259 g/mol. The molecule has 2 aliphatic carbocycles. The standard InChI is InChI=1S/C17H25NO/c1-18-7-6-13(11-18)8-16-9-14-4-2-3-5-15(14)10-17(16)12-19/h2-3,12-13,16-17H,4-11H2,1H3/t13?,16-,17+/m1/s1. The van der Waals surface area contributed by atoms with Crippen molar-refractivity contribution in [2.24, 2.45) is 17.8 Å². The molecule has 0 N–H and O–H groups in total. The molecule has 0 saturated carbocycles. The largest absolute Gasteiger partial charge is 0.306 e. The van der Waals surface area contributed by atoms with Crippen molar-refractivity contribution in [1.29, 1.82) is 0 Å². The van der Waals surface area contributed by atoms with E-state index in [0.29, 0.717) is 5.92 Å². The summed E-state index contributed by atoms with van der Waals surface area (Å²) in [5, 5.41) is 0. The molecule has 1 aliphatic heterocycles. The van der Waals surface area contributed by atoms with E-state index in [9.17, 15) is 4.79 Å². The minimum atomic E-state index is 0.288. The Hall–Kier alpha value is -0.890. The van der Waals surface area contributed by atoms with Crippen molar-refractivity contribution < 1.29 is 4.79 Å². The Labute approximate surface area is 116 Å². The molecule has 2 heteroatoms. The summed E-state index contributed by atoms with van der Waals surface area (Å²) in [6.45, 7) is 2.47. The molecule has 1 unspecified atom stereocenters. The fourth-order valence-corrected chi connectivity index (χ4v) is 4.18. The molecule has 0 aromatic heterocycles. The number of carbonyl (C=O) groups excluding carboxylic acids is 1. The molecule has 19 heavy (non-hydrogen) atoms. The summed E-state index contributed by atoms with van der Waals surface area (Å²) in [5.74, 6) is 1.72. The van der Waals surface area contributed by atoms with Crippen LogP contribution in [0.15, 0.2) is 23.3 Å². The first-order valence-electron chi connectivity index (χ1n) is 7.75. The first-order valence-corrected chi connectivity index (χ1v) is 7.75. The first-order chi connectivity index (χ1) is 9.26. The Balaban J connectivity index is 1.67. The summed E-state index contributed by atoms with van der Waals surface area (Å²) in [6, 6.07) is 0. The van der Waals surface area contributed by atoms with Crippen molar-refractivity contribution in [2.75, 3.05) is 20.1 Å². The van der Waals surface area contributed by atoms with Crippen LogP contribution in [0.5, 0.6) is 0 Å². The molecule has 0 aromatic carbocycles. The topological polar surface area (TPSA) is 20.3 Å². The van der Waals surface area contributed by atoms with E-state index in [4.69, 9.17) is 0 Å². The van der Waals surface area contributed by atoms with Gasteiger partial charge in [0.1, 0.15) is 6.29 Å². The zero-order chi connectivity index (χ0) is 13.2. The number of carbonyl (C=O) groups is 1. The van der Waals surface area contributed by atoms with Gasteiger partial charge < -0.3 is 9.69 Å². The number of nitrogens with zero attached hydrogens (tertiary/aromatic N) is 1. The molecule has 0 bridgehead atoms. The molecule has 104 valence electrons. The minimum absolute atomic E-state index is 0.288. The highest BCUT2D eigenvalue weighted by Gasteiger charge is 2.32. The highest BCUT2D eigenvalue weighted by atomic mass is 16.1. The zero-order valence-electron chi connectivity index (χ0n) is 12.0. The molecular formula is C17H25NO. The van der Waals surface area contributed by atoms with E-state index in [0.717, 1.165) is 25.2 Å². The third kappa shape index (κ3) is 2.84. The van der Waals surface area contributed by atoms with E-state index in [1.807, 2.05) is 0 Å². The molecule has 1 heterocycles. The normalized spacial score (nSPS) is 35.5. The third-order valence-electron chi connectivity index (χ3n) is 5.29. The van der Waals surface area contributed by atoms with E-state index in [2.05, 4.69) is 24.1 Å². The summed E-state index contributed by atoms with van der Waals surface area (Å²) in [6.07, 6.45) is 12.9. The van der Waals surface area contributed by atoms with Crippen LogP contribution >= 0.6 is 0 Å². The second-order valence-electron chi connectivity index (χ2n) is 6.71. The van der Waals surface area contributed by atoms with E-state index >= 15 is 0 Å². The molecule has 3 atom stereocenters. The Morgan fingerprint density at radius 2 is 2.00 bits per heavy atom.